The summed E-state index contributed by atoms with van der Waals surface area (Å²) in [5, 5.41) is 18.0. The van der Waals surface area contributed by atoms with E-state index >= 15 is 0 Å². The smallest absolute Gasteiger partial charge is 0.305 e. The lowest BCUT2D eigenvalue weighted by molar-refractivity contribution is -0.137. The second-order valence-electron chi connectivity index (χ2n) is 4.93. The molecule has 6 nitrogen and oxygen atoms in total. The number of carboxylic acids is 1. The molecule has 1 unspecified atom stereocenters. The van der Waals surface area contributed by atoms with Crippen LogP contribution in [0.25, 0.3) is 0 Å². The van der Waals surface area contributed by atoms with Crippen LogP contribution in [0.3, 0.4) is 0 Å². The molecule has 0 heterocycles. The molecule has 2 aromatic rings. The Balaban J connectivity index is 2.40. The number of hydrogen-bond acceptors (Lipinski definition) is 4. The molecule has 0 fully saturated rings. The molecule has 0 aromatic heterocycles. The predicted octanol–water partition coefficient (Wildman–Crippen LogP) is 2.19. The Morgan fingerprint density at radius 2 is 1.83 bits per heavy atom. The number of carbonyl (C=O) groups is 1. The first kappa shape index (κ1) is 17.6. The molecule has 0 aliphatic rings. The summed E-state index contributed by atoms with van der Waals surface area (Å²) < 4.78 is 40.3. The van der Waals surface area contributed by atoms with Crippen molar-refractivity contribution in [1.29, 1.82) is 5.26 Å². The number of rotatable bonds is 6. The van der Waals surface area contributed by atoms with E-state index in [0.717, 1.165) is 12.1 Å². The van der Waals surface area contributed by atoms with Crippen LogP contribution in [0.15, 0.2) is 53.4 Å². The van der Waals surface area contributed by atoms with Gasteiger partial charge in [0.1, 0.15) is 11.9 Å². The van der Waals surface area contributed by atoms with Crippen LogP contribution in [0, 0.1) is 17.1 Å². The van der Waals surface area contributed by atoms with Crippen molar-refractivity contribution >= 4 is 16.0 Å². The average Bonchev–Trinajstić information content (AvgIpc) is 2.54. The van der Waals surface area contributed by atoms with Crippen molar-refractivity contribution in [3.63, 3.8) is 0 Å². The van der Waals surface area contributed by atoms with E-state index in [1.54, 1.807) is 6.07 Å². The van der Waals surface area contributed by atoms with Crippen molar-refractivity contribution in [1.82, 2.24) is 4.72 Å². The molecule has 0 saturated carbocycles. The number of nitrogens with zero attached hydrogens (tertiary/aromatic N) is 1. The topological polar surface area (TPSA) is 107 Å². The van der Waals surface area contributed by atoms with Gasteiger partial charge in [-0.2, -0.15) is 5.26 Å². The standard InChI is InChI=1S/C16H13FN2O4S/c17-13-7-5-11(6-8-13)14(9-16(20)21)19-24(22,23)15-4-2-1-3-12(15)10-18/h1-8,14,19H,9H2,(H,20,21). The second kappa shape index (κ2) is 7.21. The highest BCUT2D eigenvalue weighted by atomic mass is 32.2. The van der Waals surface area contributed by atoms with Crippen molar-refractivity contribution < 1.29 is 22.7 Å². The third-order valence-electron chi connectivity index (χ3n) is 3.25. The Morgan fingerprint density at radius 1 is 1.21 bits per heavy atom. The minimum Gasteiger partial charge on any atom is -0.481 e. The fraction of sp³-hybridized carbons (Fsp3) is 0.125. The highest BCUT2D eigenvalue weighted by Crippen LogP contribution is 2.22. The van der Waals surface area contributed by atoms with E-state index in [0.29, 0.717) is 5.56 Å². The summed E-state index contributed by atoms with van der Waals surface area (Å²) in [5.74, 6) is -1.74. The minimum atomic E-state index is -4.14. The normalized spacial score (nSPS) is 12.3. The largest absolute Gasteiger partial charge is 0.481 e. The fourth-order valence-electron chi connectivity index (χ4n) is 2.14. The Labute approximate surface area is 138 Å². The molecule has 0 aliphatic heterocycles. The van der Waals surface area contributed by atoms with Gasteiger partial charge in [-0.1, -0.05) is 24.3 Å². The van der Waals surface area contributed by atoms with Crippen LogP contribution >= 0.6 is 0 Å². The molecule has 0 saturated heterocycles. The maximum Gasteiger partial charge on any atom is 0.305 e. The number of hydrogen-bond donors (Lipinski definition) is 2. The van der Waals surface area contributed by atoms with Gasteiger partial charge in [0.25, 0.3) is 0 Å². The molecule has 0 spiro atoms. The average molecular weight is 348 g/mol. The summed E-state index contributed by atoms with van der Waals surface area (Å²) in [7, 11) is -4.14. The zero-order chi connectivity index (χ0) is 17.7. The number of aliphatic carboxylic acids is 1. The van der Waals surface area contributed by atoms with Gasteiger partial charge in [-0.3, -0.25) is 4.79 Å². The van der Waals surface area contributed by atoms with Crippen molar-refractivity contribution in [3.05, 3.63) is 65.5 Å². The number of sulfonamides is 1. The summed E-state index contributed by atoms with van der Waals surface area (Å²) in [4.78, 5) is 10.8. The lowest BCUT2D eigenvalue weighted by Gasteiger charge is -2.18. The van der Waals surface area contributed by atoms with E-state index in [1.165, 1.54) is 36.4 Å². The van der Waals surface area contributed by atoms with Gasteiger partial charge >= 0.3 is 5.97 Å². The molecular formula is C16H13FN2O4S. The molecule has 2 aromatic carbocycles. The molecule has 24 heavy (non-hydrogen) atoms. The number of benzene rings is 2. The molecule has 0 amide bonds. The molecule has 1 atom stereocenters. The Morgan fingerprint density at radius 3 is 2.42 bits per heavy atom. The summed E-state index contributed by atoms with van der Waals surface area (Å²) in [6.07, 6.45) is -0.528. The fourth-order valence-corrected chi connectivity index (χ4v) is 3.52. The first-order valence-corrected chi connectivity index (χ1v) is 8.30. The number of nitrogens with one attached hydrogen (secondary N) is 1. The molecule has 2 N–H and O–H groups in total. The molecule has 0 aliphatic carbocycles. The van der Waals surface area contributed by atoms with Gasteiger partial charge in [-0.05, 0) is 29.8 Å². The van der Waals surface area contributed by atoms with Crippen LogP contribution < -0.4 is 4.72 Å². The van der Waals surface area contributed by atoms with E-state index in [9.17, 15) is 17.6 Å². The van der Waals surface area contributed by atoms with Crippen molar-refractivity contribution in [3.8, 4) is 6.07 Å². The maximum atomic E-state index is 13.0. The second-order valence-corrected chi connectivity index (χ2v) is 6.61. The maximum absolute atomic E-state index is 13.0. The van der Waals surface area contributed by atoms with Crippen LogP contribution in [0.2, 0.25) is 0 Å². The summed E-state index contributed by atoms with van der Waals surface area (Å²) in [6, 6.07) is 11.1. The van der Waals surface area contributed by atoms with Gasteiger partial charge in [0, 0.05) is 0 Å². The number of carboxylic acid groups (broad SMARTS) is 1. The Bertz CT molecular complexity index is 889. The number of nitriles is 1. The lowest BCUT2D eigenvalue weighted by Crippen LogP contribution is -2.30. The summed E-state index contributed by atoms with van der Waals surface area (Å²) >= 11 is 0. The van der Waals surface area contributed by atoms with E-state index in [-0.39, 0.29) is 10.5 Å². The van der Waals surface area contributed by atoms with Gasteiger partial charge in [0.15, 0.2) is 0 Å². The molecular weight excluding hydrogens is 335 g/mol. The van der Waals surface area contributed by atoms with Crippen molar-refractivity contribution in [2.75, 3.05) is 0 Å². The van der Waals surface area contributed by atoms with Gasteiger partial charge in [-0.25, -0.2) is 17.5 Å². The zero-order valence-corrected chi connectivity index (χ0v) is 13.1. The van der Waals surface area contributed by atoms with E-state index in [4.69, 9.17) is 10.4 Å². The molecule has 2 rings (SSSR count). The zero-order valence-electron chi connectivity index (χ0n) is 12.3. The van der Waals surface area contributed by atoms with Gasteiger partial charge in [-0.15, -0.1) is 0 Å². The van der Waals surface area contributed by atoms with Crippen LogP contribution in [-0.4, -0.2) is 19.5 Å². The van der Waals surface area contributed by atoms with E-state index in [1.807, 2.05) is 0 Å². The quantitative estimate of drug-likeness (QED) is 0.832. The summed E-state index contributed by atoms with van der Waals surface area (Å²) in [5.41, 5.74) is 0.245. The van der Waals surface area contributed by atoms with Crippen LogP contribution in [0.4, 0.5) is 4.39 Å². The molecule has 0 radical (unpaired) electrons. The third kappa shape index (κ3) is 4.16. The van der Waals surface area contributed by atoms with E-state index < -0.39 is 34.3 Å². The predicted molar refractivity (Wildman–Crippen MR) is 82.9 cm³/mol. The summed E-state index contributed by atoms with van der Waals surface area (Å²) in [6.45, 7) is 0. The Kier molecular flexibility index (Phi) is 5.28. The SMILES string of the molecule is N#Cc1ccccc1S(=O)(=O)NC(CC(=O)O)c1ccc(F)cc1. The highest BCUT2D eigenvalue weighted by Gasteiger charge is 2.25. The molecule has 0 bridgehead atoms. The molecule has 8 heteroatoms. The van der Waals surface area contributed by atoms with Gasteiger partial charge in [0.05, 0.1) is 22.9 Å². The van der Waals surface area contributed by atoms with Gasteiger partial charge in [0.2, 0.25) is 10.0 Å². The van der Waals surface area contributed by atoms with Gasteiger partial charge < -0.3 is 5.11 Å². The van der Waals surface area contributed by atoms with E-state index in [2.05, 4.69) is 4.72 Å². The third-order valence-corrected chi connectivity index (χ3v) is 4.78. The van der Waals surface area contributed by atoms with Crippen LogP contribution in [0.5, 0.6) is 0 Å². The minimum absolute atomic E-state index is 0.0572. The first-order chi connectivity index (χ1) is 11.3. The van der Waals surface area contributed by atoms with Crippen LogP contribution in [-0.2, 0) is 14.8 Å². The van der Waals surface area contributed by atoms with Crippen molar-refractivity contribution in [2.24, 2.45) is 0 Å². The van der Waals surface area contributed by atoms with Crippen LogP contribution in [0.1, 0.15) is 23.6 Å². The Hall–Kier alpha value is -2.76. The first-order valence-electron chi connectivity index (χ1n) is 6.82. The highest BCUT2D eigenvalue weighted by molar-refractivity contribution is 7.89. The van der Waals surface area contributed by atoms with Crippen molar-refractivity contribution in [2.45, 2.75) is 17.4 Å². The number of halogens is 1. The molecule has 124 valence electrons. The monoisotopic (exact) mass is 348 g/mol. The lowest BCUT2D eigenvalue weighted by atomic mass is 10.1.